The Hall–Kier alpha value is -0.530. The molecule has 2 aliphatic carbocycles. The van der Waals surface area contributed by atoms with Gasteiger partial charge in [0.15, 0.2) is 0 Å². The van der Waals surface area contributed by atoms with E-state index in [1.165, 1.54) is 12.8 Å². The van der Waals surface area contributed by atoms with Gasteiger partial charge in [0.2, 0.25) is 0 Å². The molecule has 0 spiro atoms. The summed E-state index contributed by atoms with van der Waals surface area (Å²) >= 11 is 0. The summed E-state index contributed by atoms with van der Waals surface area (Å²) < 4.78 is 6.24. The monoisotopic (exact) mass is 280 g/mol. The van der Waals surface area contributed by atoms with Gasteiger partial charge < -0.3 is 4.74 Å². The van der Waals surface area contributed by atoms with Gasteiger partial charge in [-0.3, -0.25) is 4.79 Å². The molecule has 0 aliphatic heterocycles. The quantitative estimate of drug-likeness (QED) is 0.680. The lowest BCUT2D eigenvalue weighted by molar-refractivity contribution is -0.190. The van der Waals surface area contributed by atoms with Gasteiger partial charge in [0.1, 0.15) is 5.60 Å². The van der Waals surface area contributed by atoms with Gasteiger partial charge in [0.25, 0.3) is 0 Å². The molecular weight excluding hydrogens is 248 g/mol. The molecule has 0 aromatic rings. The third kappa shape index (κ3) is 1.79. The summed E-state index contributed by atoms with van der Waals surface area (Å²) in [6.45, 7) is 15.4. The van der Waals surface area contributed by atoms with Crippen molar-refractivity contribution >= 4 is 5.97 Å². The number of hydrogen-bond donors (Lipinski definition) is 0. The number of fused-ring (bicyclic) bond motifs is 2. The van der Waals surface area contributed by atoms with Gasteiger partial charge in [-0.25, -0.2) is 0 Å². The Labute approximate surface area is 124 Å². The second-order valence-corrected chi connectivity index (χ2v) is 8.47. The predicted octanol–water partition coefficient (Wildman–Crippen LogP) is 4.96. The third-order valence-corrected chi connectivity index (χ3v) is 7.31. The van der Waals surface area contributed by atoms with Gasteiger partial charge in [-0.2, -0.15) is 0 Å². The Morgan fingerprint density at radius 1 is 1.25 bits per heavy atom. The maximum Gasteiger partial charge on any atom is 0.312 e. The Bertz CT molecular complexity index is 410. The van der Waals surface area contributed by atoms with Crippen molar-refractivity contribution in [1.29, 1.82) is 0 Å². The molecule has 0 amide bonds. The van der Waals surface area contributed by atoms with Gasteiger partial charge >= 0.3 is 5.97 Å². The van der Waals surface area contributed by atoms with Crippen molar-refractivity contribution in [3.8, 4) is 0 Å². The fourth-order valence-corrected chi connectivity index (χ4v) is 4.61. The van der Waals surface area contributed by atoms with Crippen LogP contribution in [-0.4, -0.2) is 11.6 Å². The summed E-state index contributed by atoms with van der Waals surface area (Å²) in [4.78, 5) is 12.6. The first-order chi connectivity index (χ1) is 9.06. The molecule has 0 radical (unpaired) electrons. The lowest BCUT2D eigenvalue weighted by Crippen LogP contribution is -2.51. The largest absolute Gasteiger partial charge is 0.458 e. The summed E-state index contributed by atoms with van der Waals surface area (Å²) in [6.07, 6.45) is 5.31. The summed E-state index contributed by atoms with van der Waals surface area (Å²) in [7, 11) is 0. The van der Waals surface area contributed by atoms with Crippen molar-refractivity contribution in [2.24, 2.45) is 22.2 Å². The van der Waals surface area contributed by atoms with Crippen molar-refractivity contribution in [3.63, 3.8) is 0 Å². The van der Waals surface area contributed by atoms with E-state index in [2.05, 4.69) is 34.6 Å². The van der Waals surface area contributed by atoms with E-state index in [0.717, 1.165) is 19.3 Å². The van der Waals surface area contributed by atoms with E-state index < -0.39 is 0 Å². The fraction of sp³-hybridized carbons (Fsp3) is 0.944. The zero-order valence-electron chi connectivity index (χ0n) is 14.4. The van der Waals surface area contributed by atoms with Crippen molar-refractivity contribution in [2.45, 2.75) is 86.2 Å². The zero-order chi connectivity index (χ0) is 15.4. The van der Waals surface area contributed by atoms with E-state index in [9.17, 15) is 4.79 Å². The molecule has 116 valence electrons. The number of carbonyl (C=O) groups excluding carboxylic acids is 1. The molecule has 2 nitrogen and oxygen atoms in total. The summed E-state index contributed by atoms with van der Waals surface area (Å²) in [5.74, 6) is 0.691. The van der Waals surface area contributed by atoms with Gasteiger partial charge in [-0.1, -0.05) is 34.6 Å². The molecule has 0 N–H and O–H groups in total. The minimum Gasteiger partial charge on any atom is -0.458 e. The molecule has 2 fully saturated rings. The highest BCUT2D eigenvalue weighted by molar-refractivity contribution is 5.76. The average molecular weight is 280 g/mol. The molecule has 2 saturated carbocycles. The Kier molecular flexibility index (Phi) is 3.55. The summed E-state index contributed by atoms with van der Waals surface area (Å²) in [5, 5.41) is 0. The van der Waals surface area contributed by atoms with Crippen LogP contribution in [0.4, 0.5) is 0 Å². The second-order valence-electron chi connectivity index (χ2n) is 8.47. The zero-order valence-corrected chi connectivity index (χ0v) is 14.4. The first-order valence-corrected chi connectivity index (χ1v) is 8.30. The predicted molar refractivity (Wildman–Crippen MR) is 82.4 cm³/mol. The Morgan fingerprint density at radius 2 is 1.85 bits per heavy atom. The first kappa shape index (κ1) is 15.9. The summed E-state index contributed by atoms with van der Waals surface area (Å²) in [6, 6.07) is 0. The molecule has 0 heterocycles. The molecular formula is C18H32O2. The van der Waals surface area contributed by atoms with Crippen LogP contribution in [0.1, 0.15) is 80.6 Å². The smallest absolute Gasteiger partial charge is 0.312 e. The molecule has 3 atom stereocenters. The minimum absolute atomic E-state index is 0.00794. The van der Waals surface area contributed by atoms with Crippen molar-refractivity contribution < 1.29 is 9.53 Å². The van der Waals surface area contributed by atoms with Crippen LogP contribution in [0.3, 0.4) is 0 Å². The van der Waals surface area contributed by atoms with Crippen LogP contribution in [0.15, 0.2) is 0 Å². The number of esters is 1. The normalized spacial score (nSPS) is 39.0. The lowest BCUT2D eigenvalue weighted by atomic mass is 9.63. The van der Waals surface area contributed by atoms with Crippen LogP contribution in [0.2, 0.25) is 0 Å². The second kappa shape index (κ2) is 4.48. The highest BCUT2D eigenvalue weighted by Gasteiger charge is 2.70. The lowest BCUT2D eigenvalue weighted by Gasteiger charge is -2.48. The van der Waals surface area contributed by atoms with Gasteiger partial charge in [-0.05, 0) is 57.3 Å². The molecule has 2 aliphatic rings. The highest BCUT2D eigenvalue weighted by atomic mass is 16.6. The van der Waals surface area contributed by atoms with Crippen LogP contribution in [0.25, 0.3) is 0 Å². The van der Waals surface area contributed by atoms with Crippen LogP contribution >= 0.6 is 0 Å². The van der Waals surface area contributed by atoms with E-state index in [1.807, 2.05) is 13.8 Å². The topological polar surface area (TPSA) is 26.3 Å². The molecule has 20 heavy (non-hydrogen) atoms. The minimum atomic E-state index is -0.371. The van der Waals surface area contributed by atoms with Gasteiger partial charge in [-0.15, -0.1) is 0 Å². The molecule has 0 saturated heterocycles. The number of ether oxygens (including phenoxy) is 1. The number of carbonyl (C=O) groups is 1. The summed E-state index contributed by atoms with van der Waals surface area (Å²) in [5.41, 5.74) is -0.216. The maximum atomic E-state index is 12.6. The maximum absolute atomic E-state index is 12.6. The Morgan fingerprint density at radius 3 is 2.20 bits per heavy atom. The van der Waals surface area contributed by atoms with E-state index in [4.69, 9.17) is 4.74 Å². The van der Waals surface area contributed by atoms with Crippen molar-refractivity contribution in [2.75, 3.05) is 0 Å². The van der Waals surface area contributed by atoms with Crippen LogP contribution in [-0.2, 0) is 9.53 Å². The van der Waals surface area contributed by atoms with Crippen molar-refractivity contribution in [3.05, 3.63) is 0 Å². The van der Waals surface area contributed by atoms with Gasteiger partial charge in [0, 0.05) is 5.41 Å². The van der Waals surface area contributed by atoms with E-state index in [0.29, 0.717) is 5.92 Å². The average Bonchev–Trinajstić information content (AvgIpc) is 2.70. The third-order valence-electron chi connectivity index (χ3n) is 7.31. The first-order valence-electron chi connectivity index (χ1n) is 8.30. The standard InChI is InChI=1S/C18H32O2/c1-8-15(3,4)14(19)20-18(9-2)12-13-10-11-17(18,7)16(13,5)6/h13H,8-12H2,1-7H3. The molecule has 0 aromatic heterocycles. The fourth-order valence-electron chi connectivity index (χ4n) is 4.61. The van der Waals surface area contributed by atoms with E-state index in [-0.39, 0.29) is 27.8 Å². The molecule has 2 bridgehead atoms. The number of hydrogen-bond acceptors (Lipinski definition) is 2. The van der Waals surface area contributed by atoms with Crippen LogP contribution in [0.5, 0.6) is 0 Å². The van der Waals surface area contributed by atoms with E-state index >= 15 is 0 Å². The SMILES string of the molecule is CCC(C)(C)C(=O)OC1(CC)CC2CCC1(C)C2(C)C. The van der Waals surface area contributed by atoms with E-state index in [1.54, 1.807) is 0 Å². The molecule has 0 aromatic carbocycles. The highest BCUT2D eigenvalue weighted by Crippen LogP contribution is 2.71. The van der Waals surface area contributed by atoms with Crippen molar-refractivity contribution in [1.82, 2.24) is 0 Å². The van der Waals surface area contributed by atoms with Crippen LogP contribution < -0.4 is 0 Å². The molecule has 2 heteroatoms. The van der Waals surface area contributed by atoms with Gasteiger partial charge in [0.05, 0.1) is 5.41 Å². The molecule has 2 rings (SSSR count). The van der Waals surface area contributed by atoms with Crippen LogP contribution in [0, 0.1) is 22.2 Å². The Balaban J connectivity index is 2.32. The molecule has 3 unspecified atom stereocenters. The number of rotatable bonds is 4.